The molecular formula is C16H13ClF3N3O3. The molecule has 0 bridgehead atoms. The summed E-state index contributed by atoms with van der Waals surface area (Å²) in [6.45, 7) is 0. The SMILES string of the molecule is O=C(CCC(=O)Nc1cc(C(F)(F)F)ccc1Cl)N/N=C\c1ccco1. The second kappa shape index (κ2) is 8.52. The molecule has 2 N–H and O–H groups in total. The number of hydrogen-bond acceptors (Lipinski definition) is 4. The van der Waals surface area contributed by atoms with Gasteiger partial charge in [0.15, 0.2) is 0 Å². The van der Waals surface area contributed by atoms with Gasteiger partial charge in [0.05, 0.1) is 28.8 Å². The average molecular weight is 388 g/mol. The van der Waals surface area contributed by atoms with E-state index in [1.165, 1.54) is 12.5 Å². The highest BCUT2D eigenvalue weighted by Gasteiger charge is 2.31. The summed E-state index contributed by atoms with van der Waals surface area (Å²) >= 11 is 5.78. The van der Waals surface area contributed by atoms with Crippen LogP contribution in [0.3, 0.4) is 0 Å². The van der Waals surface area contributed by atoms with Gasteiger partial charge in [0.25, 0.3) is 0 Å². The molecule has 2 amide bonds. The first-order valence-electron chi connectivity index (χ1n) is 7.27. The summed E-state index contributed by atoms with van der Waals surface area (Å²) < 4.78 is 43.0. The van der Waals surface area contributed by atoms with Gasteiger partial charge < -0.3 is 9.73 Å². The summed E-state index contributed by atoms with van der Waals surface area (Å²) in [6.07, 6.45) is -2.31. The van der Waals surface area contributed by atoms with Gasteiger partial charge >= 0.3 is 6.18 Å². The van der Waals surface area contributed by atoms with E-state index in [1.807, 2.05) is 0 Å². The van der Waals surface area contributed by atoms with E-state index in [2.05, 4.69) is 15.8 Å². The first-order chi connectivity index (χ1) is 12.3. The van der Waals surface area contributed by atoms with Crippen molar-refractivity contribution < 1.29 is 27.2 Å². The maximum Gasteiger partial charge on any atom is 0.416 e. The second-order valence-electron chi connectivity index (χ2n) is 5.05. The van der Waals surface area contributed by atoms with Crippen LogP contribution in [0.2, 0.25) is 5.02 Å². The molecule has 2 rings (SSSR count). The van der Waals surface area contributed by atoms with Gasteiger partial charge in [-0.25, -0.2) is 5.43 Å². The minimum Gasteiger partial charge on any atom is -0.463 e. The first kappa shape index (κ1) is 19.5. The van der Waals surface area contributed by atoms with Gasteiger partial charge in [-0.3, -0.25) is 9.59 Å². The van der Waals surface area contributed by atoms with Crippen LogP contribution in [0, 0.1) is 0 Å². The van der Waals surface area contributed by atoms with E-state index in [1.54, 1.807) is 12.1 Å². The van der Waals surface area contributed by atoms with Gasteiger partial charge in [-0.15, -0.1) is 0 Å². The highest BCUT2D eigenvalue weighted by Crippen LogP contribution is 2.33. The summed E-state index contributed by atoms with van der Waals surface area (Å²) in [6, 6.07) is 5.85. The summed E-state index contributed by atoms with van der Waals surface area (Å²) in [7, 11) is 0. The zero-order chi connectivity index (χ0) is 19.2. The predicted octanol–water partition coefficient (Wildman–Crippen LogP) is 3.82. The molecule has 0 saturated heterocycles. The quantitative estimate of drug-likeness (QED) is 0.583. The zero-order valence-electron chi connectivity index (χ0n) is 13.1. The molecule has 6 nitrogen and oxygen atoms in total. The molecule has 26 heavy (non-hydrogen) atoms. The summed E-state index contributed by atoms with van der Waals surface area (Å²) in [5.74, 6) is -0.767. The standard InChI is InChI=1S/C16H13ClF3N3O3/c17-12-4-3-10(16(18,19)20)8-13(12)22-14(24)5-6-15(25)23-21-9-11-2-1-7-26-11/h1-4,7-9H,5-6H2,(H,22,24)(H,23,25)/b21-9-. The Morgan fingerprint density at radius 3 is 2.58 bits per heavy atom. The van der Waals surface area contributed by atoms with Crippen LogP contribution >= 0.6 is 11.6 Å². The minimum atomic E-state index is -4.56. The maximum atomic E-state index is 12.7. The molecule has 0 unspecified atom stereocenters. The van der Waals surface area contributed by atoms with Crippen LogP contribution in [0.5, 0.6) is 0 Å². The third-order valence-corrected chi connectivity index (χ3v) is 3.40. The van der Waals surface area contributed by atoms with Gasteiger partial charge in [-0.05, 0) is 30.3 Å². The molecule has 0 aliphatic heterocycles. The highest BCUT2D eigenvalue weighted by molar-refractivity contribution is 6.33. The fraction of sp³-hybridized carbons (Fsp3) is 0.188. The van der Waals surface area contributed by atoms with E-state index in [9.17, 15) is 22.8 Å². The lowest BCUT2D eigenvalue weighted by Crippen LogP contribution is -2.21. The van der Waals surface area contributed by atoms with Crippen molar-refractivity contribution in [3.05, 3.63) is 52.9 Å². The Morgan fingerprint density at radius 2 is 1.92 bits per heavy atom. The molecule has 0 aliphatic rings. The number of furan rings is 1. The number of nitrogens with one attached hydrogen (secondary N) is 2. The van der Waals surface area contributed by atoms with Crippen molar-refractivity contribution in [2.75, 3.05) is 5.32 Å². The molecule has 1 aromatic carbocycles. The Labute approximate surface area is 151 Å². The lowest BCUT2D eigenvalue weighted by molar-refractivity contribution is -0.137. The molecular weight excluding hydrogens is 375 g/mol. The Bertz CT molecular complexity index is 805. The number of hydrogen-bond donors (Lipinski definition) is 2. The summed E-state index contributed by atoms with van der Waals surface area (Å²) in [5.41, 5.74) is 1.08. The number of anilines is 1. The van der Waals surface area contributed by atoms with Crippen LogP contribution in [-0.4, -0.2) is 18.0 Å². The molecule has 10 heteroatoms. The molecule has 1 heterocycles. The van der Waals surface area contributed by atoms with E-state index in [-0.39, 0.29) is 23.6 Å². The molecule has 0 atom stereocenters. The van der Waals surface area contributed by atoms with Gasteiger partial charge in [0.1, 0.15) is 5.76 Å². The number of carbonyl (C=O) groups is 2. The number of carbonyl (C=O) groups excluding carboxylic acids is 2. The third kappa shape index (κ3) is 5.92. The van der Waals surface area contributed by atoms with Crippen LogP contribution in [0.4, 0.5) is 18.9 Å². The molecule has 0 aliphatic carbocycles. The van der Waals surface area contributed by atoms with Gasteiger partial charge in [0, 0.05) is 12.8 Å². The van der Waals surface area contributed by atoms with Crippen molar-refractivity contribution >= 4 is 35.3 Å². The van der Waals surface area contributed by atoms with Gasteiger partial charge in [-0.1, -0.05) is 11.6 Å². The van der Waals surface area contributed by atoms with E-state index >= 15 is 0 Å². The van der Waals surface area contributed by atoms with Crippen molar-refractivity contribution in [2.24, 2.45) is 5.10 Å². The first-order valence-corrected chi connectivity index (χ1v) is 7.65. The van der Waals surface area contributed by atoms with Gasteiger partial charge in [-0.2, -0.15) is 18.3 Å². The Balaban J connectivity index is 1.84. The van der Waals surface area contributed by atoms with Crippen molar-refractivity contribution in [3.63, 3.8) is 0 Å². The highest BCUT2D eigenvalue weighted by atomic mass is 35.5. The summed E-state index contributed by atoms with van der Waals surface area (Å²) in [4.78, 5) is 23.4. The largest absolute Gasteiger partial charge is 0.463 e. The Kier molecular flexibility index (Phi) is 6.40. The molecule has 0 saturated carbocycles. The topological polar surface area (TPSA) is 83.7 Å². The van der Waals surface area contributed by atoms with Crippen molar-refractivity contribution in [3.8, 4) is 0 Å². The van der Waals surface area contributed by atoms with Crippen LogP contribution in [0.15, 0.2) is 46.1 Å². The lowest BCUT2D eigenvalue weighted by Gasteiger charge is -2.11. The Hall–Kier alpha value is -2.81. The monoisotopic (exact) mass is 387 g/mol. The molecule has 0 radical (unpaired) electrons. The van der Waals surface area contributed by atoms with E-state index in [0.29, 0.717) is 5.76 Å². The molecule has 2 aromatic rings. The normalized spacial score (nSPS) is 11.5. The fourth-order valence-corrected chi connectivity index (χ4v) is 1.99. The average Bonchev–Trinajstić information content (AvgIpc) is 3.07. The number of alkyl halides is 3. The third-order valence-electron chi connectivity index (χ3n) is 3.07. The van der Waals surface area contributed by atoms with E-state index < -0.39 is 23.6 Å². The van der Waals surface area contributed by atoms with Crippen molar-refractivity contribution in [1.29, 1.82) is 0 Å². The minimum absolute atomic E-state index is 0.0427. The van der Waals surface area contributed by atoms with Crippen LogP contribution in [-0.2, 0) is 15.8 Å². The lowest BCUT2D eigenvalue weighted by atomic mass is 10.2. The van der Waals surface area contributed by atoms with E-state index in [0.717, 1.165) is 18.2 Å². The van der Waals surface area contributed by atoms with Crippen LogP contribution in [0.25, 0.3) is 0 Å². The number of hydrazone groups is 1. The summed E-state index contributed by atoms with van der Waals surface area (Å²) in [5, 5.41) is 5.84. The Morgan fingerprint density at radius 1 is 1.19 bits per heavy atom. The van der Waals surface area contributed by atoms with Crippen molar-refractivity contribution in [2.45, 2.75) is 19.0 Å². The smallest absolute Gasteiger partial charge is 0.416 e. The van der Waals surface area contributed by atoms with Crippen LogP contribution < -0.4 is 10.7 Å². The fourth-order valence-electron chi connectivity index (χ4n) is 1.83. The number of amides is 2. The predicted molar refractivity (Wildman–Crippen MR) is 88.8 cm³/mol. The maximum absolute atomic E-state index is 12.7. The molecule has 1 aromatic heterocycles. The van der Waals surface area contributed by atoms with Crippen molar-refractivity contribution in [1.82, 2.24) is 5.43 Å². The van der Waals surface area contributed by atoms with Crippen LogP contribution in [0.1, 0.15) is 24.2 Å². The van der Waals surface area contributed by atoms with Gasteiger partial charge in [0.2, 0.25) is 11.8 Å². The molecule has 0 spiro atoms. The number of rotatable bonds is 6. The second-order valence-corrected chi connectivity index (χ2v) is 5.46. The number of nitrogens with zero attached hydrogens (tertiary/aromatic N) is 1. The zero-order valence-corrected chi connectivity index (χ0v) is 13.9. The molecule has 138 valence electrons. The van der Waals surface area contributed by atoms with E-state index in [4.69, 9.17) is 16.0 Å². The molecule has 0 fully saturated rings. The number of benzene rings is 1. The number of halogens is 4.